The summed E-state index contributed by atoms with van der Waals surface area (Å²) in [6, 6.07) is 9.72. The van der Waals surface area contributed by atoms with Gasteiger partial charge < -0.3 is 0 Å². The van der Waals surface area contributed by atoms with E-state index in [1.807, 2.05) is 30.3 Å². The van der Waals surface area contributed by atoms with Crippen molar-refractivity contribution in [3.05, 3.63) is 47.0 Å². The lowest BCUT2D eigenvalue weighted by Gasteiger charge is -1.99. The van der Waals surface area contributed by atoms with E-state index in [1.165, 1.54) is 6.20 Å². The second-order valence-electron chi connectivity index (χ2n) is 3.31. The molecule has 4 nitrogen and oxygen atoms in total. The number of aromatic nitrogens is 3. The lowest BCUT2D eigenvalue weighted by atomic mass is 10.2. The van der Waals surface area contributed by atoms with E-state index in [4.69, 9.17) is 0 Å². The van der Waals surface area contributed by atoms with Crippen LogP contribution in [0.3, 0.4) is 0 Å². The summed E-state index contributed by atoms with van der Waals surface area (Å²) in [5.74, 6) is 0. The summed E-state index contributed by atoms with van der Waals surface area (Å²) < 4.78 is 0. The quantitative estimate of drug-likeness (QED) is 0.555. The molecule has 0 aliphatic heterocycles. The van der Waals surface area contributed by atoms with Gasteiger partial charge in [-0.3, -0.25) is 4.98 Å². The number of hydrogen-bond acceptors (Lipinski definition) is 3. The predicted octanol–water partition coefficient (Wildman–Crippen LogP) is 1.47. The van der Waals surface area contributed by atoms with Crippen LogP contribution in [0.4, 0.5) is 0 Å². The zero-order valence-electron chi connectivity index (χ0n) is 7.77. The first-order chi connectivity index (χ1) is 7.33. The van der Waals surface area contributed by atoms with Crippen molar-refractivity contribution >= 4 is 21.9 Å². The van der Waals surface area contributed by atoms with Crippen molar-refractivity contribution in [2.24, 2.45) is 0 Å². The van der Waals surface area contributed by atoms with Crippen LogP contribution >= 0.6 is 0 Å². The molecule has 0 bridgehead atoms. The van der Waals surface area contributed by atoms with E-state index in [2.05, 4.69) is 15.0 Å². The summed E-state index contributed by atoms with van der Waals surface area (Å²) >= 11 is 0. The van der Waals surface area contributed by atoms with Gasteiger partial charge in [0.1, 0.15) is 5.65 Å². The Kier molecular flexibility index (Phi) is 1.56. The minimum Gasteiger partial charge on any atom is -0.290 e. The minimum absolute atomic E-state index is 0.370. The van der Waals surface area contributed by atoms with E-state index in [9.17, 15) is 4.79 Å². The third kappa shape index (κ3) is 1.27. The highest BCUT2D eigenvalue weighted by atomic mass is 16.1. The number of benzene rings is 1. The van der Waals surface area contributed by atoms with E-state index in [1.54, 1.807) is 0 Å². The topological polar surface area (TPSA) is 58.6 Å². The van der Waals surface area contributed by atoms with Crippen LogP contribution in [0.5, 0.6) is 0 Å². The van der Waals surface area contributed by atoms with Gasteiger partial charge >= 0.3 is 5.69 Å². The number of para-hydroxylation sites is 1. The molecule has 2 heterocycles. The summed E-state index contributed by atoms with van der Waals surface area (Å²) in [6.45, 7) is 0. The largest absolute Gasteiger partial charge is 0.346 e. The molecule has 1 aromatic carbocycles. The number of nitrogens with zero attached hydrogens (tertiary/aromatic N) is 2. The summed E-state index contributed by atoms with van der Waals surface area (Å²) in [6.07, 6.45) is 1.54. The maximum absolute atomic E-state index is 11.0. The summed E-state index contributed by atoms with van der Waals surface area (Å²) in [7, 11) is 0. The van der Waals surface area contributed by atoms with Gasteiger partial charge in [-0.1, -0.05) is 18.2 Å². The summed E-state index contributed by atoms with van der Waals surface area (Å²) in [5, 5.41) is 1.88. The lowest BCUT2D eigenvalue weighted by molar-refractivity contribution is 1.10. The fraction of sp³-hybridized carbons (Fsp3) is 0. The van der Waals surface area contributed by atoms with Crippen molar-refractivity contribution in [1.82, 2.24) is 15.0 Å². The summed E-state index contributed by atoms with van der Waals surface area (Å²) in [4.78, 5) is 21.6. The van der Waals surface area contributed by atoms with Gasteiger partial charge in [0.2, 0.25) is 0 Å². The van der Waals surface area contributed by atoms with Gasteiger partial charge in [0.05, 0.1) is 5.52 Å². The summed E-state index contributed by atoms with van der Waals surface area (Å²) in [5.41, 5.74) is 1.07. The Hall–Kier alpha value is -2.23. The number of H-pyrrole nitrogens is 1. The predicted molar refractivity (Wildman–Crippen MR) is 57.7 cm³/mol. The molecule has 0 fully saturated rings. The zero-order chi connectivity index (χ0) is 10.3. The van der Waals surface area contributed by atoms with Crippen LogP contribution in [0, 0.1) is 0 Å². The maximum Gasteiger partial charge on any atom is 0.346 e. The smallest absolute Gasteiger partial charge is 0.290 e. The second-order valence-corrected chi connectivity index (χ2v) is 3.31. The van der Waals surface area contributed by atoms with Crippen LogP contribution in [-0.2, 0) is 0 Å². The average Bonchev–Trinajstić information content (AvgIpc) is 2.26. The molecule has 0 spiro atoms. The van der Waals surface area contributed by atoms with Crippen molar-refractivity contribution < 1.29 is 0 Å². The molecular weight excluding hydrogens is 190 g/mol. The molecular formula is C11H7N3O. The molecule has 4 heteroatoms. The molecule has 3 aromatic rings. The van der Waals surface area contributed by atoms with Gasteiger partial charge in [-0.15, -0.1) is 0 Å². The molecule has 0 atom stereocenters. The Morgan fingerprint density at radius 2 is 2.00 bits per heavy atom. The minimum atomic E-state index is -0.370. The van der Waals surface area contributed by atoms with Crippen molar-refractivity contribution in [3.63, 3.8) is 0 Å². The number of hydrogen-bond donors (Lipinski definition) is 1. The van der Waals surface area contributed by atoms with Crippen molar-refractivity contribution in [1.29, 1.82) is 0 Å². The molecule has 72 valence electrons. The van der Waals surface area contributed by atoms with Crippen LogP contribution in [0.1, 0.15) is 0 Å². The number of nitrogens with one attached hydrogen (secondary N) is 1. The average molecular weight is 197 g/mol. The van der Waals surface area contributed by atoms with Crippen LogP contribution < -0.4 is 5.69 Å². The molecule has 2 aromatic heterocycles. The van der Waals surface area contributed by atoms with Gasteiger partial charge in [-0.05, 0) is 12.1 Å². The monoisotopic (exact) mass is 197 g/mol. The number of fused-ring (bicyclic) bond motifs is 2. The third-order valence-electron chi connectivity index (χ3n) is 2.30. The Labute approximate surface area is 84.6 Å². The Morgan fingerprint density at radius 1 is 1.13 bits per heavy atom. The lowest BCUT2D eigenvalue weighted by Crippen LogP contribution is -2.09. The SMILES string of the molecule is O=c1ncc2cc3ccccc3nc2[nH]1. The highest BCUT2D eigenvalue weighted by Gasteiger charge is 1.99. The van der Waals surface area contributed by atoms with Gasteiger partial charge in [0, 0.05) is 17.0 Å². The molecule has 0 aliphatic carbocycles. The second kappa shape index (κ2) is 2.88. The van der Waals surface area contributed by atoms with Gasteiger partial charge in [-0.2, -0.15) is 0 Å². The fourth-order valence-electron chi connectivity index (χ4n) is 1.59. The molecule has 1 N–H and O–H groups in total. The van der Waals surface area contributed by atoms with Crippen molar-refractivity contribution in [3.8, 4) is 0 Å². The molecule has 0 amide bonds. The molecule has 0 unspecified atom stereocenters. The van der Waals surface area contributed by atoms with Crippen molar-refractivity contribution in [2.75, 3.05) is 0 Å². The molecule has 15 heavy (non-hydrogen) atoms. The first kappa shape index (κ1) is 8.11. The highest BCUT2D eigenvalue weighted by Crippen LogP contribution is 2.15. The first-order valence-corrected chi connectivity index (χ1v) is 4.58. The molecule has 0 radical (unpaired) electrons. The van der Waals surface area contributed by atoms with E-state index in [-0.39, 0.29) is 5.69 Å². The molecule has 3 rings (SSSR count). The van der Waals surface area contributed by atoms with E-state index in [0.29, 0.717) is 5.65 Å². The maximum atomic E-state index is 11.0. The highest BCUT2D eigenvalue weighted by molar-refractivity contribution is 5.90. The Bertz CT molecular complexity index is 703. The fourth-order valence-corrected chi connectivity index (χ4v) is 1.59. The van der Waals surface area contributed by atoms with Gasteiger partial charge in [0.25, 0.3) is 0 Å². The number of rotatable bonds is 0. The van der Waals surface area contributed by atoms with E-state index < -0.39 is 0 Å². The first-order valence-electron chi connectivity index (χ1n) is 4.58. The standard InChI is InChI=1S/C11H7N3O/c15-11-12-6-8-5-7-3-1-2-4-9(7)13-10(8)14-11/h1-6H,(H,12,13,14,15). The van der Waals surface area contributed by atoms with Gasteiger partial charge in [-0.25, -0.2) is 14.8 Å². The normalized spacial score (nSPS) is 10.9. The number of pyridine rings is 1. The van der Waals surface area contributed by atoms with Crippen molar-refractivity contribution in [2.45, 2.75) is 0 Å². The van der Waals surface area contributed by atoms with Crippen LogP contribution in [-0.4, -0.2) is 15.0 Å². The Morgan fingerprint density at radius 3 is 2.93 bits per heavy atom. The molecule has 0 saturated carbocycles. The van der Waals surface area contributed by atoms with Gasteiger partial charge in [0.15, 0.2) is 0 Å². The van der Waals surface area contributed by atoms with Crippen LogP contribution in [0.25, 0.3) is 21.9 Å². The van der Waals surface area contributed by atoms with E-state index in [0.717, 1.165) is 16.3 Å². The molecule has 0 aliphatic rings. The van der Waals surface area contributed by atoms with Crippen LogP contribution in [0.2, 0.25) is 0 Å². The number of aromatic amines is 1. The van der Waals surface area contributed by atoms with Crippen LogP contribution in [0.15, 0.2) is 41.3 Å². The Balaban J connectivity index is 2.53. The zero-order valence-corrected chi connectivity index (χ0v) is 7.77. The molecule has 0 saturated heterocycles. The third-order valence-corrected chi connectivity index (χ3v) is 2.30. The van der Waals surface area contributed by atoms with E-state index >= 15 is 0 Å².